The average molecular weight is 404 g/mol. The number of nitriles is 1. The number of benzene rings is 1. The molecular formula is C20H22F2N4O3. The van der Waals surface area contributed by atoms with Crippen LogP contribution in [0.1, 0.15) is 45.0 Å². The van der Waals surface area contributed by atoms with Gasteiger partial charge in [-0.2, -0.15) is 5.26 Å². The topological polar surface area (TPSA) is 111 Å². The zero-order valence-electron chi connectivity index (χ0n) is 16.4. The molecule has 1 aromatic heterocycles. The number of hydrogen-bond donors (Lipinski definition) is 1. The van der Waals surface area contributed by atoms with Gasteiger partial charge in [0.25, 0.3) is 6.43 Å². The molecule has 2 aromatic rings. The molecule has 1 amide bonds. The van der Waals surface area contributed by atoms with Gasteiger partial charge in [-0.15, -0.1) is 0 Å². The first-order valence-corrected chi connectivity index (χ1v) is 8.90. The maximum Gasteiger partial charge on any atom is 0.405 e. The highest BCUT2D eigenvalue weighted by atomic mass is 19.3. The van der Waals surface area contributed by atoms with Crippen molar-refractivity contribution in [1.82, 2.24) is 9.97 Å². The van der Waals surface area contributed by atoms with Crippen LogP contribution >= 0.6 is 0 Å². The fraction of sp³-hybridized carbons (Fsp3) is 0.400. The number of amides is 1. The van der Waals surface area contributed by atoms with Crippen LogP contribution in [-0.4, -0.2) is 28.3 Å². The Kier molecular flexibility index (Phi) is 7.04. The van der Waals surface area contributed by atoms with Crippen LogP contribution in [0.25, 0.3) is 11.3 Å². The Morgan fingerprint density at radius 3 is 2.66 bits per heavy atom. The Morgan fingerprint density at radius 1 is 1.34 bits per heavy atom. The summed E-state index contributed by atoms with van der Waals surface area (Å²) in [6.45, 7) is 5.62. The molecule has 1 heterocycles. The minimum atomic E-state index is -2.79. The van der Waals surface area contributed by atoms with Gasteiger partial charge in [0, 0.05) is 11.8 Å². The largest absolute Gasteiger partial charge is 0.488 e. The van der Waals surface area contributed by atoms with Crippen LogP contribution in [0.5, 0.6) is 5.75 Å². The van der Waals surface area contributed by atoms with Crippen molar-refractivity contribution in [2.24, 2.45) is 11.7 Å². The second kappa shape index (κ2) is 9.28. The predicted octanol–water partition coefficient (Wildman–Crippen LogP) is 4.23. The number of carbonyl (C=O) groups excluding carboxylic acids is 1. The van der Waals surface area contributed by atoms with E-state index >= 15 is 0 Å². The van der Waals surface area contributed by atoms with Gasteiger partial charge < -0.3 is 15.2 Å². The standard InChI is InChI=1S/C20H22F2N4O3/c1-12(2)9-20(3,29-19(24)27)11-28-16-5-4-13(8-14(16)10-23)15-6-7-25-18(26-15)17(21)22/h4-8,12,17H,9,11H2,1-3H3,(H2,24,27). The van der Waals surface area contributed by atoms with E-state index in [1.165, 1.54) is 24.4 Å². The number of aromatic nitrogens is 2. The molecule has 0 fully saturated rings. The van der Waals surface area contributed by atoms with Gasteiger partial charge in [0.15, 0.2) is 5.82 Å². The molecule has 7 nitrogen and oxygen atoms in total. The van der Waals surface area contributed by atoms with E-state index in [1.54, 1.807) is 13.0 Å². The molecule has 1 atom stereocenters. The summed E-state index contributed by atoms with van der Waals surface area (Å²) in [6, 6.07) is 8.11. The summed E-state index contributed by atoms with van der Waals surface area (Å²) in [6.07, 6.45) is -1.96. The minimum absolute atomic E-state index is 0.00875. The lowest BCUT2D eigenvalue weighted by molar-refractivity contribution is -0.0186. The van der Waals surface area contributed by atoms with Gasteiger partial charge in [-0.25, -0.2) is 23.5 Å². The summed E-state index contributed by atoms with van der Waals surface area (Å²) in [7, 11) is 0. The number of rotatable bonds is 8. The van der Waals surface area contributed by atoms with Gasteiger partial charge >= 0.3 is 6.09 Å². The number of hydrogen-bond acceptors (Lipinski definition) is 6. The Bertz CT molecular complexity index is 915. The summed E-state index contributed by atoms with van der Waals surface area (Å²) < 4.78 is 36.6. The highest BCUT2D eigenvalue weighted by molar-refractivity contribution is 5.65. The first-order valence-electron chi connectivity index (χ1n) is 8.90. The summed E-state index contributed by atoms with van der Waals surface area (Å²) in [5, 5.41) is 9.46. The molecule has 29 heavy (non-hydrogen) atoms. The van der Waals surface area contributed by atoms with Gasteiger partial charge in [0.05, 0.1) is 11.3 Å². The number of halogens is 2. The van der Waals surface area contributed by atoms with Crippen LogP contribution in [0.2, 0.25) is 0 Å². The van der Waals surface area contributed by atoms with Crippen LogP contribution in [0.4, 0.5) is 13.6 Å². The Labute approximate surface area is 167 Å². The van der Waals surface area contributed by atoms with E-state index in [4.69, 9.17) is 15.2 Å². The quantitative estimate of drug-likeness (QED) is 0.705. The zero-order chi connectivity index (χ0) is 21.6. The molecular weight excluding hydrogens is 382 g/mol. The fourth-order valence-electron chi connectivity index (χ4n) is 3.01. The number of primary amides is 1. The van der Waals surface area contributed by atoms with Crippen LogP contribution in [0.15, 0.2) is 30.5 Å². The van der Waals surface area contributed by atoms with Gasteiger partial charge in [0.1, 0.15) is 24.0 Å². The second-order valence-corrected chi connectivity index (χ2v) is 7.18. The van der Waals surface area contributed by atoms with E-state index in [0.717, 1.165) is 0 Å². The monoisotopic (exact) mass is 404 g/mol. The zero-order valence-corrected chi connectivity index (χ0v) is 16.4. The van der Waals surface area contributed by atoms with E-state index in [0.29, 0.717) is 12.0 Å². The number of carbonyl (C=O) groups is 1. The van der Waals surface area contributed by atoms with Crippen molar-refractivity contribution in [3.8, 4) is 23.1 Å². The van der Waals surface area contributed by atoms with Gasteiger partial charge in [-0.3, -0.25) is 0 Å². The van der Waals surface area contributed by atoms with Crippen molar-refractivity contribution >= 4 is 6.09 Å². The van der Waals surface area contributed by atoms with Crippen molar-refractivity contribution in [2.75, 3.05) is 6.61 Å². The van der Waals surface area contributed by atoms with Gasteiger partial charge in [0.2, 0.25) is 0 Å². The van der Waals surface area contributed by atoms with E-state index in [2.05, 4.69) is 9.97 Å². The molecule has 2 N–H and O–H groups in total. The summed E-state index contributed by atoms with van der Waals surface area (Å²) in [4.78, 5) is 18.6. The second-order valence-electron chi connectivity index (χ2n) is 7.18. The lowest BCUT2D eigenvalue weighted by Crippen LogP contribution is -2.41. The van der Waals surface area contributed by atoms with Crippen molar-refractivity contribution in [2.45, 2.75) is 39.2 Å². The van der Waals surface area contributed by atoms with Gasteiger partial charge in [-0.05, 0) is 43.5 Å². The molecule has 2 rings (SSSR count). The molecule has 154 valence electrons. The Balaban J connectivity index is 2.26. The first kappa shape index (κ1) is 22.0. The average Bonchev–Trinajstić information content (AvgIpc) is 2.65. The molecule has 0 spiro atoms. The Morgan fingerprint density at radius 2 is 2.07 bits per heavy atom. The summed E-state index contributed by atoms with van der Waals surface area (Å²) in [5.41, 5.74) is 5.11. The molecule has 0 bridgehead atoms. The molecule has 0 saturated heterocycles. The molecule has 0 saturated carbocycles. The van der Waals surface area contributed by atoms with E-state index in [-0.39, 0.29) is 29.5 Å². The number of nitrogens with zero attached hydrogens (tertiary/aromatic N) is 3. The molecule has 1 aromatic carbocycles. The van der Waals surface area contributed by atoms with E-state index in [9.17, 15) is 18.8 Å². The summed E-state index contributed by atoms with van der Waals surface area (Å²) >= 11 is 0. The molecule has 9 heteroatoms. The third-order valence-electron chi connectivity index (χ3n) is 3.99. The molecule has 0 aliphatic rings. The summed E-state index contributed by atoms with van der Waals surface area (Å²) in [5.74, 6) is -0.112. The van der Waals surface area contributed by atoms with Crippen molar-refractivity contribution < 1.29 is 23.0 Å². The first-order chi connectivity index (χ1) is 13.6. The molecule has 0 aliphatic heterocycles. The SMILES string of the molecule is CC(C)CC(C)(COc1ccc(-c2ccnc(C(F)F)n2)cc1C#N)OC(N)=O. The van der Waals surface area contributed by atoms with Gasteiger partial charge in [-0.1, -0.05) is 13.8 Å². The lowest BCUT2D eigenvalue weighted by atomic mass is 9.95. The molecule has 1 unspecified atom stereocenters. The maximum atomic E-state index is 12.8. The third-order valence-corrected chi connectivity index (χ3v) is 3.99. The predicted molar refractivity (Wildman–Crippen MR) is 101 cm³/mol. The Hall–Kier alpha value is -3.28. The van der Waals surface area contributed by atoms with Crippen LogP contribution < -0.4 is 10.5 Å². The smallest absolute Gasteiger partial charge is 0.405 e. The number of alkyl halides is 2. The number of nitrogens with two attached hydrogens (primary N) is 1. The highest BCUT2D eigenvalue weighted by Gasteiger charge is 2.31. The minimum Gasteiger partial charge on any atom is -0.488 e. The van der Waals surface area contributed by atoms with E-state index < -0.39 is 23.9 Å². The normalized spacial score (nSPS) is 13.0. The molecule has 0 radical (unpaired) electrons. The van der Waals surface area contributed by atoms with Crippen molar-refractivity contribution in [3.05, 3.63) is 41.9 Å². The third kappa shape index (κ3) is 6.10. The van der Waals surface area contributed by atoms with Crippen LogP contribution in [0.3, 0.4) is 0 Å². The highest BCUT2D eigenvalue weighted by Crippen LogP contribution is 2.28. The molecule has 0 aliphatic carbocycles. The van der Waals surface area contributed by atoms with E-state index in [1.807, 2.05) is 19.9 Å². The lowest BCUT2D eigenvalue weighted by Gasteiger charge is -2.30. The van der Waals surface area contributed by atoms with Crippen LogP contribution in [-0.2, 0) is 4.74 Å². The maximum absolute atomic E-state index is 12.8. The van der Waals surface area contributed by atoms with Crippen molar-refractivity contribution in [1.29, 1.82) is 5.26 Å². The number of ether oxygens (including phenoxy) is 2. The van der Waals surface area contributed by atoms with Crippen LogP contribution in [0, 0.1) is 17.2 Å². The van der Waals surface area contributed by atoms with Crippen molar-refractivity contribution in [3.63, 3.8) is 0 Å². The fourth-order valence-corrected chi connectivity index (χ4v) is 3.01.